The number of nitro benzene ring substituents is 1. The summed E-state index contributed by atoms with van der Waals surface area (Å²) in [6.07, 6.45) is 0. The predicted octanol–water partition coefficient (Wildman–Crippen LogP) is 3.50. The maximum atomic E-state index is 10.6. The summed E-state index contributed by atoms with van der Waals surface area (Å²) < 4.78 is 0. The van der Waals surface area contributed by atoms with Crippen LogP contribution in [0, 0.1) is 10.1 Å². The molecule has 0 amide bonds. The van der Waals surface area contributed by atoms with Gasteiger partial charge in [-0.2, -0.15) is 0 Å². The highest BCUT2D eigenvalue weighted by molar-refractivity contribution is 6.31. The largest absolute Gasteiger partial charge is 0.276 e. The molecule has 14 heavy (non-hydrogen) atoms. The van der Waals surface area contributed by atoms with Gasteiger partial charge in [0.15, 0.2) is 0 Å². The zero-order valence-corrected chi connectivity index (χ0v) is 8.68. The van der Waals surface area contributed by atoms with E-state index in [0.29, 0.717) is 16.2 Å². The molecule has 1 aromatic rings. The smallest absolute Gasteiger partial charge is 0.258 e. The topological polar surface area (TPSA) is 43.1 Å². The van der Waals surface area contributed by atoms with Gasteiger partial charge in [-0.05, 0) is 17.7 Å². The minimum absolute atomic E-state index is 0.0277. The second kappa shape index (κ2) is 4.44. The Morgan fingerprint density at radius 1 is 1.57 bits per heavy atom. The molecule has 0 bridgehead atoms. The third kappa shape index (κ3) is 2.25. The van der Waals surface area contributed by atoms with Crippen molar-refractivity contribution in [2.45, 2.75) is 0 Å². The van der Waals surface area contributed by atoms with Crippen molar-refractivity contribution in [1.29, 1.82) is 0 Å². The lowest BCUT2D eigenvalue weighted by molar-refractivity contribution is -0.385. The van der Waals surface area contributed by atoms with Crippen LogP contribution < -0.4 is 0 Å². The molecule has 0 saturated carbocycles. The third-order valence-corrected chi connectivity index (χ3v) is 2.26. The first kappa shape index (κ1) is 11.0. The van der Waals surface area contributed by atoms with Crippen LogP contribution in [0.5, 0.6) is 0 Å². The van der Waals surface area contributed by atoms with Crippen molar-refractivity contribution in [1.82, 2.24) is 0 Å². The van der Waals surface area contributed by atoms with Crippen LogP contribution in [0.2, 0.25) is 5.02 Å². The van der Waals surface area contributed by atoms with E-state index in [-0.39, 0.29) is 11.6 Å². The molecule has 0 aliphatic rings. The van der Waals surface area contributed by atoms with Gasteiger partial charge in [-0.3, -0.25) is 10.1 Å². The molecule has 0 atom stereocenters. The van der Waals surface area contributed by atoms with Crippen LogP contribution in [0.1, 0.15) is 5.56 Å². The quantitative estimate of drug-likeness (QED) is 0.454. The van der Waals surface area contributed by atoms with E-state index in [9.17, 15) is 10.1 Å². The Labute approximate surface area is 91.1 Å². The van der Waals surface area contributed by atoms with E-state index in [0.717, 1.165) is 0 Å². The molecule has 0 aliphatic carbocycles. The van der Waals surface area contributed by atoms with E-state index in [4.69, 9.17) is 23.2 Å². The van der Waals surface area contributed by atoms with Gasteiger partial charge in [-0.25, -0.2) is 0 Å². The lowest BCUT2D eigenvalue weighted by Crippen LogP contribution is -1.95. The highest BCUT2D eigenvalue weighted by Gasteiger charge is 2.15. The standard InChI is InChI=1S/C9H7Cl2NO2/c1-6(5-10)8-4-7(11)2-3-9(8)12(13)14/h2-4H,1,5H2. The second-order valence-corrected chi connectivity index (χ2v) is 3.36. The number of hydrogen-bond donors (Lipinski definition) is 0. The fourth-order valence-electron chi connectivity index (χ4n) is 1.02. The summed E-state index contributed by atoms with van der Waals surface area (Å²) in [6, 6.07) is 4.30. The minimum atomic E-state index is -0.483. The number of alkyl halides is 1. The molecule has 1 aromatic carbocycles. The first-order valence-electron chi connectivity index (χ1n) is 3.74. The van der Waals surface area contributed by atoms with Crippen LogP contribution in [-0.2, 0) is 0 Å². The maximum absolute atomic E-state index is 10.6. The van der Waals surface area contributed by atoms with Gasteiger partial charge in [-0.15, -0.1) is 11.6 Å². The van der Waals surface area contributed by atoms with Crippen molar-refractivity contribution < 1.29 is 4.92 Å². The van der Waals surface area contributed by atoms with E-state index in [1.54, 1.807) is 0 Å². The molecule has 0 radical (unpaired) electrons. The van der Waals surface area contributed by atoms with Gasteiger partial charge in [0.05, 0.1) is 10.5 Å². The van der Waals surface area contributed by atoms with E-state index >= 15 is 0 Å². The van der Waals surface area contributed by atoms with Crippen LogP contribution in [0.25, 0.3) is 5.57 Å². The number of halogens is 2. The van der Waals surface area contributed by atoms with Crippen molar-refractivity contribution in [3.05, 3.63) is 45.5 Å². The normalized spacial score (nSPS) is 9.86. The molecule has 0 spiro atoms. The van der Waals surface area contributed by atoms with Crippen molar-refractivity contribution in [3.8, 4) is 0 Å². The fraction of sp³-hybridized carbons (Fsp3) is 0.111. The van der Waals surface area contributed by atoms with Crippen LogP contribution in [-0.4, -0.2) is 10.8 Å². The highest BCUT2D eigenvalue weighted by atomic mass is 35.5. The molecule has 74 valence electrons. The first-order valence-corrected chi connectivity index (χ1v) is 4.65. The maximum Gasteiger partial charge on any atom is 0.276 e. The minimum Gasteiger partial charge on any atom is -0.258 e. The van der Waals surface area contributed by atoms with Crippen LogP contribution in [0.15, 0.2) is 24.8 Å². The molecule has 0 fully saturated rings. The number of nitro groups is 1. The van der Waals surface area contributed by atoms with Gasteiger partial charge in [0.1, 0.15) is 0 Å². The Morgan fingerprint density at radius 2 is 2.21 bits per heavy atom. The average molecular weight is 232 g/mol. The van der Waals surface area contributed by atoms with Crippen molar-refractivity contribution in [2.75, 3.05) is 5.88 Å². The Morgan fingerprint density at radius 3 is 2.71 bits per heavy atom. The molecule has 1 rings (SSSR count). The van der Waals surface area contributed by atoms with E-state index in [1.807, 2.05) is 0 Å². The lowest BCUT2D eigenvalue weighted by Gasteiger charge is -2.03. The molecule has 0 aromatic heterocycles. The molecular formula is C9H7Cl2NO2. The van der Waals surface area contributed by atoms with Crippen molar-refractivity contribution >= 4 is 34.5 Å². The Kier molecular flexibility index (Phi) is 3.49. The number of benzene rings is 1. The Balaban J connectivity index is 3.29. The zero-order chi connectivity index (χ0) is 10.7. The van der Waals surface area contributed by atoms with Crippen LogP contribution >= 0.6 is 23.2 Å². The zero-order valence-electron chi connectivity index (χ0n) is 7.17. The van der Waals surface area contributed by atoms with Gasteiger partial charge >= 0.3 is 0 Å². The molecule has 5 heteroatoms. The summed E-state index contributed by atoms with van der Waals surface area (Å²) in [4.78, 5) is 10.1. The lowest BCUT2D eigenvalue weighted by atomic mass is 10.1. The summed E-state index contributed by atoms with van der Waals surface area (Å²) in [5.74, 6) is 0.140. The fourth-order valence-corrected chi connectivity index (χ4v) is 1.34. The Bertz CT molecular complexity index is 390. The summed E-state index contributed by atoms with van der Waals surface area (Å²) in [6.45, 7) is 3.63. The van der Waals surface area contributed by atoms with Gasteiger partial charge in [0, 0.05) is 17.0 Å². The number of nitrogens with zero attached hydrogens (tertiary/aromatic N) is 1. The molecular weight excluding hydrogens is 225 g/mol. The van der Waals surface area contributed by atoms with E-state index < -0.39 is 4.92 Å². The summed E-state index contributed by atoms with van der Waals surface area (Å²) in [5, 5.41) is 11.1. The molecule has 3 nitrogen and oxygen atoms in total. The first-order chi connectivity index (χ1) is 6.56. The van der Waals surface area contributed by atoms with Gasteiger partial charge in [0.2, 0.25) is 0 Å². The molecule has 0 unspecified atom stereocenters. The van der Waals surface area contributed by atoms with Gasteiger partial charge in [-0.1, -0.05) is 18.2 Å². The number of allylic oxidation sites excluding steroid dienone is 1. The molecule has 0 N–H and O–H groups in total. The van der Waals surface area contributed by atoms with Gasteiger partial charge < -0.3 is 0 Å². The third-order valence-electron chi connectivity index (χ3n) is 1.70. The SMILES string of the molecule is C=C(CCl)c1cc(Cl)ccc1[N+](=O)[O-]. The summed E-state index contributed by atoms with van der Waals surface area (Å²) in [5.41, 5.74) is 0.846. The van der Waals surface area contributed by atoms with Crippen LogP contribution in [0.4, 0.5) is 5.69 Å². The summed E-state index contributed by atoms with van der Waals surface area (Å²) in [7, 11) is 0. The summed E-state index contributed by atoms with van der Waals surface area (Å²) >= 11 is 11.3. The number of hydrogen-bond acceptors (Lipinski definition) is 2. The van der Waals surface area contributed by atoms with E-state index in [1.165, 1.54) is 18.2 Å². The second-order valence-electron chi connectivity index (χ2n) is 2.66. The van der Waals surface area contributed by atoms with Crippen molar-refractivity contribution in [2.24, 2.45) is 0 Å². The molecule has 0 saturated heterocycles. The number of rotatable bonds is 3. The average Bonchev–Trinajstić information content (AvgIpc) is 2.16. The van der Waals surface area contributed by atoms with E-state index in [2.05, 4.69) is 6.58 Å². The van der Waals surface area contributed by atoms with Crippen LogP contribution in [0.3, 0.4) is 0 Å². The monoisotopic (exact) mass is 231 g/mol. The Hall–Kier alpha value is -1.06. The highest BCUT2D eigenvalue weighted by Crippen LogP contribution is 2.28. The van der Waals surface area contributed by atoms with Crippen molar-refractivity contribution in [3.63, 3.8) is 0 Å². The molecule has 0 heterocycles. The van der Waals surface area contributed by atoms with Gasteiger partial charge in [0.25, 0.3) is 5.69 Å². The predicted molar refractivity (Wildman–Crippen MR) is 57.9 cm³/mol. The molecule has 0 aliphatic heterocycles.